The molecule has 0 aliphatic carbocycles. The summed E-state index contributed by atoms with van der Waals surface area (Å²) in [6, 6.07) is 10.4. The van der Waals surface area contributed by atoms with E-state index in [1.54, 1.807) is 41.3 Å². The van der Waals surface area contributed by atoms with E-state index in [9.17, 15) is 9.59 Å². The molecule has 0 aliphatic rings. The number of nitrogens with two attached hydrogens (primary N) is 1. The predicted molar refractivity (Wildman–Crippen MR) is 94.7 cm³/mol. The summed E-state index contributed by atoms with van der Waals surface area (Å²) in [6.07, 6.45) is 1.67. The predicted octanol–water partition coefficient (Wildman–Crippen LogP) is 2.33. The van der Waals surface area contributed by atoms with E-state index in [1.807, 2.05) is 13.8 Å². The van der Waals surface area contributed by atoms with Crippen LogP contribution >= 0.6 is 0 Å². The molecule has 24 heavy (non-hydrogen) atoms. The molecule has 126 valence electrons. The fourth-order valence-corrected chi connectivity index (χ4v) is 2.33. The number of hydrogen-bond donors (Lipinski definition) is 2. The Morgan fingerprint density at radius 2 is 1.92 bits per heavy atom. The van der Waals surface area contributed by atoms with Crippen LogP contribution < -0.4 is 11.1 Å². The second-order valence-electron chi connectivity index (χ2n) is 5.37. The molecule has 0 saturated heterocycles. The minimum absolute atomic E-state index is 0.0451. The first kappa shape index (κ1) is 17.5. The zero-order chi connectivity index (χ0) is 17.5. The zero-order valence-electron chi connectivity index (χ0n) is 14.0. The zero-order valence-corrected chi connectivity index (χ0v) is 14.0. The van der Waals surface area contributed by atoms with Gasteiger partial charge < -0.3 is 16.0 Å². The first-order chi connectivity index (χ1) is 11.5. The van der Waals surface area contributed by atoms with E-state index in [2.05, 4.69) is 10.3 Å². The van der Waals surface area contributed by atoms with Crippen LogP contribution in [0, 0.1) is 0 Å². The van der Waals surface area contributed by atoms with Gasteiger partial charge in [0, 0.05) is 30.0 Å². The van der Waals surface area contributed by atoms with Crippen molar-refractivity contribution in [2.24, 2.45) is 0 Å². The van der Waals surface area contributed by atoms with Crippen LogP contribution in [-0.4, -0.2) is 34.8 Å². The molecular weight excluding hydrogens is 304 g/mol. The molecule has 0 radical (unpaired) electrons. The lowest BCUT2D eigenvalue weighted by atomic mass is 10.1. The van der Waals surface area contributed by atoms with Crippen LogP contribution in [0.2, 0.25) is 0 Å². The lowest BCUT2D eigenvalue weighted by Gasteiger charge is -2.19. The summed E-state index contributed by atoms with van der Waals surface area (Å²) in [6.45, 7) is 5.17. The quantitative estimate of drug-likeness (QED) is 0.853. The second kappa shape index (κ2) is 8.10. The fourth-order valence-electron chi connectivity index (χ4n) is 2.33. The molecule has 0 fully saturated rings. The maximum absolute atomic E-state index is 12.4. The SMILES string of the molecule is CCN(CC)C(=O)c1cccc(NC(=O)Cc2ccc(N)cn2)c1. The molecule has 0 saturated carbocycles. The van der Waals surface area contributed by atoms with Gasteiger partial charge in [-0.3, -0.25) is 14.6 Å². The van der Waals surface area contributed by atoms with Crippen molar-refractivity contribution in [1.29, 1.82) is 0 Å². The Balaban J connectivity index is 2.04. The lowest BCUT2D eigenvalue weighted by Crippen LogP contribution is -2.30. The molecule has 2 rings (SSSR count). The summed E-state index contributed by atoms with van der Waals surface area (Å²) in [7, 11) is 0. The van der Waals surface area contributed by atoms with Gasteiger partial charge in [0.25, 0.3) is 5.91 Å². The summed E-state index contributed by atoms with van der Waals surface area (Å²) in [4.78, 5) is 30.3. The van der Waals surface area contributed by atoms with Gasteiger partial charge in [0.2, 0.25) is 5.91 Å². The number of nitrogens with zero attached hydrogens (tertiary/aromatic N) is 2. The van der Waals surface area contributed by atoms with E-state index in [4.69, 9.17) is 5.73 Å². The van der Waals surface area contributed by atoms with Crippen molar-refractivity contribution >= 4 is 23.2 Å². The lowest BCUT2D eigenvalue weighted by molar-refractivity contribution is -0.115. The van der Waals surface area contributed by atoms with Crippen molar-refractivity contribution in [3.8, 4) is 0 Å². The molecule has 6 heteroatoms. The molecule has 0 atom stereocenters. The summed E-state index contributed by atoms with van der Waals surface area (Å²) in [5.74, 6) is -0.240. The minimum atomic E-state index is -0.195. The minimum Gasteiger partial charge on any atom is -0.397 e. The number of rotatable bonds is 6. The van der Waals surface area contributed by atoms with Crippen molar-refractivity contribution in [2.75, 3.05) is 24.1 Å². The van der Waals surface area contributed by atoms with E-state index >= 15 is 0 Å². The van der Waals surface area contributed by atoms with Crippen LogP contribution in [0.4, 0.5) is 11.4 Å². The molecular formula is C18H22N4O2. The van der Waals surface area contributed by atoms with Gasteiger partial charge in [0.1, 0.15) is 0 Å². The molecule has 0 unspecified atom stereocenters. The molecule has 3 N–H and O–H groups in total. The van der Waals surface area contributed by atoms with Crippen molar-refractivity contribution in [3.05, 3.63) is 53.9 Å². The van der Waals surface area contributed by atoms with Gasteiger partial charge in [-0.15, -0.1) is 0 Å². The van der Waals surface area contributed by atoms with Crippen LogP contribution in [0.3, 0.4) is 0 Å². The van der Waals surface area contributed by atoms with E-state index < -0.39 is 0 Å². The third-order valence-corrected chi connectivity index (χ3v) is 3.63. The Morgan fingerprint density at radius 3 is 2.54 bits per heavy atom. The Kier molecular flexibility index (Phi) is 5.89. The number of amides is 2. The molecule has 1 aromatic carbocycles. The number of nitrogen functional groups attached to an aromatic ring is 1. The normalized spacial score (nSPS) is 10.2. The van der Waals surface area contributed by atoms with Crippen LogP contribution in [0.15, 0.2) is 42.6 Å². The monoisotopic (exact) mass is 326 g/mol. The van der Waals surface area contributed by atoms with Gasteiger partial charge in [0.05, 0.1) is 18.3 Å². The Morgan fingerprint density at radius 1 is 1.17 bits per heavy atom. The molecule has 1 heterocycles. The van der Waals surface area contributed by atoms with Gasteiger partial charge in [-0.05, 0) is 44.2 Å². The van der Waals surface area contributed by atoms with E-state index in [0.717, 1.165) is 0 Å². The largest absolute Gasteiger partial charge is 0.397 e. The van der Waals surface area contributed by atoms with E-state index in [-0.39, 0.29) is 18.2 Å². The van der Waals surface area contributed by atoms with Gasteiger partial charge in [-0.25, -0.2) is 0 Å². The highest BCUT2D eigenvalue weighted by Gasteiger charge is 2.13. The Bertz CT molecular complexity index is 709. The standard InChI is InChI=1S/C18H22N4O2/c1-3-22(4-2)18(24)13-6-5-7-16(10-13)21-17(23)11-15-9-8-14(19)12-20-15/h5-10,12H,3-4,11,19H2,1-2H3,(H,21,23). The van der Waals surface area contributed by atoms with Gasteiger partial charge in [-0.2, -0.15) is 0 Å². The van der Waals surface area contributed by atoms with Crippen molar-refractivity contribution in [2.45, 2.75) is 20.3 Å². The number of anilines is 2. The molecule has 6 nitrogen and oxygen atoms in total. The van der Waals surface area contributed by atoms with Crippen LogP contribution in [0.5, 0.6) is 0 Å². The van der Waals surface area contributed by atoms with Crippen LogP contribution in [0.1, 0.15) is 29.9 Å². The number of aromatic nitrogens is 1. The topological polar surface area (TPSA) is 88.3 Å². The summed E-state index contributed by atoms with van der Waals surface area (Å²) in [5, 5.41) is 2.79. The highest BCUT2D eigenvalue weighted by molar-refractivity contribution is 5.97. The number of nitrogens with one attached hydrogen (secondary N) is 1. The van der Waals surface area contributed by atoms with Crippen molar-refractivity contribution < 1.29 is 9.59 Å². The number of carbonyl (C=O) groups excluding carboxylic acids is 2. The average Bonchev–Trinajstić information content (AvgIpc) is 2.58. The fraction of sp³-hybridized carbons (Fsp3) is 0.278. The highest BCUT2D eigenvalue weighted by Crippen LogP contribution is 2.13. The maximum atomic E-state index is 12.4. The molecule has 0 spiro atoms. The smallest absolute Gasteiger partial charge is 0.253 e. The summed E-state index contributed by atoms with van der Waals surface area (Å²) >= 11 is 0. The van der Waals surface area contributed by atoms with E-state index in [0.29, 0.717) is 35.7 Å². The first-order valence-electron chi connectivity index (χ1n) is 7.93. The number of benzene rings is 1. The number of pyridine rings is 1. The average molecular weight is 326 g/mol. The first-order valence-corrected chi connectivity index (χ1v) is 7.93. The molecule has 0 aliphatic heterocycles. The van der Waals surface area contributed by atoms with Crippen molar-refractivity contribution in [3.63, 3.8) is 0 Å². The molecule has 1 aromatic heterocycles. The third kappa shape index (κ3) is 4.55. The van der Waals surface area contributed by atoms with E-state index in [1.165, 1.54) is 6.20 Å². The van der Waals surface area contributed by atoms with Gasteiger partial charge >= 0.3 is 0 Å². The molecule has 0 bridgehead atoms. The highest BCUT2D eigenvalue weighted by atomic mass is 16.2. The maximum Gasteiger partial charge on any atom is 0.253 e. The molecule has 2 aromatic rings. The third-order valence-electron chi connectivity index (χ3n) is 3.63. The van der Waals surface area contributed by atoms with Crippen LogP contribution in [-0.2, 0) is 11.2 Å². The summed E-state index contributed by atoms with van der Waals surface area (Å²) < 4.78 is 0. The Labute approximate surface area is 141 Å². The molecule has 2 amide bonds. The number of hydrogen-bond acceptors (Lipinski definition) is 4. The van der Waals surface area contributed by atoms with Crippen LogP contribution in [0.25, 0.3) is 0 Å². The Hall–Kier alpha value is -2.89. The number of carbonyl (C=O) groups is 2. The van der Waals surface area contributed by atoms with Gasteiger partial charge in [0.15, 0.2) is 0 Å². The summed E-state index contributed by atoms with van der Waals surface area (Å²) in [5.41, 5.74) is 7.92. The van der Waals surface area contributed by atoms with Gasteiger partial charge in [-0.1, -0.05) is 6.07 Å². The second-order valence-corrected chi connectivity index (χ2v) is 5.37. The van der Waals surface area contributed by atoms with Crippen molar-refractivity contribution in [1.82, 2.24) is 9.88 Å².